The average Bonchev–Trinajstić information content (AvgIpc) is 3.22. The van der Waals surface area contributed by atoms with Gasteiger partial charge in [-0.25, -0.2) is 0 Å². The van der Waals surface area contributed by atoms with Gasteiger partial charge in [-0.2, -0.15) is 0 Å². The van der Waals surface area contributed by atoms with Crippen molar-refractivity contribution in [1.82, 2.24) is 4.90 Å². The summed E-state index contributed by atoms with van der Waals surface area (Å²) in [6.07, 6.45) is 2.86. The van der Waals surface area contributed by atoms with Crippen molar-refractivity contribution >= 4 is 11.9 Å². The molecule has 1 aliphatic rings. The highest BCUT2D eigenvalue weighted by Gasteiger charge is 2.44. The number of methoxy groups -OCH3 is 1. The molecular formula is C22H27NO5. The van der Waals surface area contributed by atoms with Gasteiger partial charge < -0.3 is 18.8 Å². The fourth-order valence-corrected chi connectivity index (χ4v) is 3.79. The molecule has 0 radical (unpaired) electrons. The van der Waals surface area contributed by atoms with E-state index in [0.717, 1.165) is 12.8 Å². The predicted octanol–water partition coefficient (Wildman–Crippen LogP) is 3.71. The van der Waals surface area contributed by atoms with Crippen LogP contribution in [0, 0.1) is 5.41 Å². The van der Waals surface area contributed by atoms with Gasteiger partial charge in [-0.3, -0.25) is 9.59 Å². The van der Waals surface area contributed by atoms with E-state index in [1.54, 1.807) is 17.0 Å². The first-order valence-electron chi connectivity index (χ1n) is 9.72. The van der Waals surface area contributed by atoms with Crippen LogP contribution in [-0.2, 0) is 16.0 Å². The summed E-state index contributed by atoms with van der Waals surface area (Å²) in [6, 6.07) is 13.3. The number of amides is 1. The fraction of sp³-hybridized carbons (Fsp3) is 0.455. The number of furan rings is 1. The minimum absolute atomic E-state index is 0.222. The predicted molar refractivity (Wildman–Crippen MR) is 104 cm³/mol. The standard InChI is InChI=1S/C22H27NO5/c1-3-27-21(25)22(14-12-17-8-5-4-6-9-17)13-7-15-23(16-22)20(24)18-10-11-19(26-2)28-18/h4-6,8-11H,3,7,12-16H2,1-2H3. The quantitative estimate of drug-likeness (QED) is 0.680. The molecule has 1 unspecified atom stereocenters. The van der Waals surface area contributed by atoms with Gasteiger partial charge in [-0.1, -0.05) is 30.3 Å². The minimum atomic E-state index is -0.698. The van der Waals surface area contributed by atoms with Crippen LogP contribution >= 0.6 is 0 Å². The van der Waals surface area contributed by atoms with Crippen molar-refractivity contribution in [3.63, 3.8) is 0 Å². The Bertz CT molecular complexity index is 800. The molecule has 1 amide bonds. The van der Waals surface area contributed by atoms with Gasteiger partial charge in [0.05, 0.1) is 19.1 Å². The van der Waals surface area contributed by atoms with Crippen LogP contribution in [0.4, 0.5) is 0 Å². The molecule has 2 heterocycles. The Labute approximate surface area is 165 Å². The number of aryl methyl sites for hydroxylation is 1. The first kappa shape index (κ1) is 20.0. The normalized spacial score (nSPS) is 19.3. The average molecular weight is 385 g/mol. The highest BCUT2D eigenvalue weighted by molar-refractivity contribution is 5.92. The van der Waals surface area contributed by atoms with Crippen molar-refractivity contribution in [2.45, 2.75) is 32.6 Å². The maximum Gasteiger partial charge on any atom is 0.313 e. The van der Waals surface area contributed by atoms with Gasteiger partial charge in [0, 0.05) is 19.2 Å². The molecule has 1 saturated heterocycles. The van der Waals surface area contributed by atoms with Gasteiger partial charge >= 0.3 is 5.97 Å². The van der Waals surface area contributed by atoms with Crippen molar-refractivity contribution in [2.24, 2.45) is 5.41 Å². The van der Waals surface area contributed by atoms with Gasteiger partial charge in [0.1, 0.15) is 0 Å². The Morgan fingerprint density at radius 3 is 2.64 bits per heavy atom. The number of nitrogens with zero attached hydrogens (tertiary/aromatic N) is 1. The van der Waals surface area contributed by atoms with Gasteiger partial charge in [-0.15, -0.1) is 0 Å². The monoisotopic (exact) mass is 385 g/mol. The number of hydrogen-bond donors (Lipinski definition) is 0. The highest BCUT2D eigenvalue weighted by Crippen LogP contribution is 2.37. The van der Waals surface area contributed by atoms with Crippen LogP contribution in [0.15, 0.2) is 46.9 Å². The molecule has 150 valence electrons. The summed E-state index contributed by atoms with van der Waals surface area (Å²) in [5.74, 6) is 0.0671. The largest absolute Gasteiger partial charge is 0.468 e. The minimum Gasteiger partial charge on any atom is -0.468 e. The highest BCUT2D eigenvalue weighted by atomic mass is 16.6. The zero-order valence-corrected chi connectivity index (χ0v) is 16.5. The summed E-state index contributed by atoms with van der Waals surface area (Å²) in [7, 11) is 1.49. The Morgan fingerprint density at radius 1 is 1.18 bits per heavy atom. The maximum absolute atomic E-state index is 12.9. The van der Waals surface area contributed by atoms with Crippen LogP contribution < -0.4 is 4.74 Å². The second kappa shape index (κ2) is 8.95. The second-order valence-electron chi connectivity index (χ2n) is 7.14. The molecule has 1 aliphatic heterocycles. The van der Waals surface area contributed by atoms with E-state index in [1.807, 2.05) is 25.1 Å². The molecule has 0 N–H and O–H groups in total. The molecule has 1 atom stereocenters. The lowest BCUT2D eigenvalue weighted by atomic mass is 9.75. The van der Waals surface area contributed by atoms with Crippen LogP contribution in [0.5, 0.6) is 5.95 Å². The van der Waals surface area contributed by atoms with E-state index in [9.17, 15) is 9.59 Å². The third-order valence-electron chi connectivity index (χ3n) is 5.30. The summed E-state index contributed by atoms with van der Waals surface area (Å²) in [5.41, 5.74) is 0.474. The molecule has 6 heteroatoms. The first-order valence-corrected chi connectivity index (χ1v) is 9.72. The molecule has 0 aliphatic carbocycles. The molecule has 0 bridgehead atoms. The van der Waals surface area contributed by atoms with Crippen LogP contribution in [0.25, 0.3) is 0 Å². The zero-order valence-electron chi connectivity index (χ0n) is 16.5. The van der Waals surface area contributed by atoms with Crippen LogP contribution in [-0.4, -0.2) is 43.6 Å². The molecule has 1 aromatic carbocycles. The number of hydrogen-bond acceptors (Lipinski definition) is 5. The van der Waals surface area contributed by atoms with E-state index in [0.29, 0.717) is 38.5 Å². The molecule has 2 aromatic rings. The van der Waals surface area contributed by atoms with Crippen molar-refractivity contribution in [3.05, 3.63) is 53.8 Å². The number of carbonyl (C=O) groups is 2. The van der Waals surface area contributed by atoms with Crippen LogP contribution in [0.2, 0.25) is 0 Å². The summed E-state index contributed by atoms with van der Waals surface area (Å²) < 4.78 is 15.9. The molecule has 28 heavy (non-hydrogen) atoms. The van der Waals surface area contributed by atoms with Gasteiger partial charge in [0.2, 0.25) is 0 Å². The lowest BCUT2D eigenvalue weighted by Gasteiger charge is -2.40. The summed E-state index contributed by atoms with van der Waals surface area (Å²) in [6.45, 7) is 3.06. The zero-order chi connectivity index (χ0) is 20.0. The van der Waals surface area contributed by atoms with E-state index >= 15 is 0 Å². The summed E-state index contributed by atoms with van der Waals surface area (Å²) in [5, 5.41) is 0. The van der Waals surface area contributed by atoms with E-state index in [2.05, 4.69) is 12.1 Å². The van der Waals surface area contributed by atoms with E-state index in [1.165, 1.54) is 12.7 Å². The topological polar surface area (TPSA) is 69.0 Å². The molecule has 3 rings (SSSR count). The maximum atomic E-state index is 12.9. The number of rotatable bonds is 7. The van der Waals surface area contributed by atoms with Crippen LogP contribution in [0.1, 0.15) is 42.3 Å². The van der Waals surface area contributed by atoms with Crippen molar-refractivity contribution in [2.75, 3.05) is 26.8 Å². The van der Waals surface area contributed by atoms with Crippen LogP contribution in [0.3, 0.4) is 0 Å². The molecular weight excluding hydrogens is 358 g/mol. The fourth-order valence-electron chi connectivity index (χ4n) is 3.79. The van der Waals surface area contributed by atoms with E-state index in [4.69, 9.17) is 13.9 Å². The Hall–Kier alpha value is -2.76. The SMILES string of the molecule is CCOC(=O)C1(CCc2ccccc2)CCCN(C(=O)c2ccc(OC)o2)C1. The Balaban J connectivity index is 1.78. The Morgan fingerprint density at radius 2 is 1.96 bits per heavy atom. The number of benzene rings is 1. The second-order valence-corrected chi connectivity index (χ2v) is 7.14. The molecule has 0 spiro atoms. The first-order chi connectivity index (χ1) is 13.6. The summed E-state index contributed by atoms with van der Waals surface area (Å²) >= 11 is 0. The van der Waals surface area contributed by atoms with Crippen molar-refractivity contribution in [3.8, 4) is 5.95 Å². The number of ether oxygens (including phenoxy) is 2. The third kappa shape index (κ3) is 4.38. The summed E-state index contributed by atoms with van der Waals surface area (Å²) in [4.78, 5) is 27.5. The molecule has 1 fully saturated rings. The lowest BCUT2D eigenvalue weighted by Crippen LogP contribution is -2.50. The smallest absolute Gasteiger partial charge is 0.313 e. The van der Waals surface area contributed by atoms with Gasteiger partial charge in [0.15, 0.2) is 5.76 Å². The molecule has 1 aromatic heterocycles. The van der Waals surface area contributed by atoms with E-state index in [-0.39, 0.29) is 17.6 Å². The molecule has 0 saturated carbocycles. The lowest BCUT2D eigenvalue weighted by molar-refractivity contribution is -0.159. The van der Waals surface area contributed by atoms with Crippen molar-refractivity contribution in [1.29, 1.82) is 0 Å². The van der Waals surface area contributed by atoms with Gasteiger partial charge in [-0.05, 0) is 44.2 Å². The van der Waals surface area contributed by atoms with Crippen molar-refractivity contribution < 1.29 is 23.5 Å². The van der Waals surface area contributed by atoms with Gasteiger partial charge in [0.25, 0.3) is 11.9 Å². The molecule has 6 nitrogen and oxygen atoms in total. The third-order valence-corrected chi connectivity index (χ3v) is 5.30. The number of carbonyl (C=O) groups excluding carboxylic acids is 2. The number of esters is 1. The number of piperidine rings is 1. The Kier molecular flexibility index (Phi) is 6.39. The van der Waals surface area contributed by atoms with E-state index < -0.39 is 5.41 Å². The number of likely N-dealkylation sites (tertiary alicyclic amines) is 1.